The van der Waals surface area contributed by atoms with E-state index in [2.05, 4.69) is 5.32 Å². The fourth-order valence-corrected chi connectivity index (χ4v) is 1.07. The van der Waals surface area contributed by atoms with E-state index < -0.39 is 0 Å². The molecule has 1 rings (SSSR count). The van der Waals surface area contributed by atoms with Crippen molar-refractivity contribution in [1.29, 1.82) is 0 Å². The van der Waals surface area contributed by atoms with Crippen LogP contribution >= 0.6 is 0 Å². The van der Waals surface area contributed by atoms with Crippen LogP contribution in [0.15, 0.2) is 24.3 Å². The van der Waals surface area contributed by atoms with Crippen molar-refractivity contribution < 1.29 is 9.53 Å². The summed E-state index contributed by atoms with van der Waals surface area (Å²) >= 11 is 0. The lowest BCUT2D eigenvalue weighted by Gasteiger charge is -2.06. The first-order valence-corrected chi connectivity index (χ1v) is 4.97. The molecule has 1 aromatic carbocycles. The van der Waals surface area contributed by atoms with Gasteiger partial charge in [0.25, 0.3) is 5.91 Å². The molecule has 3 N–H and O–H groups in total. The Morgan fingerprint density at radius 1 is 1.53 bits per heavy atom. The third kappa shape index (κ3) is 4.35. The van der Waals surface area contributed by atoms with Gasteiger partial charge in [0.15, 0.2) is 6.61 Å². The van der Waals surface area contributed by atoms with Gasteiger partial charge in [-0.15, -0.1) is 0 Å². The number of amides is 1. The summed E-state index contributed by atoms with van der Waals surface area (Å²) in [6.45, 7) is 2.71. The Balaban J connectivity index is 2.33. The van der Waals surface area contributed by atoms with Crippen molar-refractivity contribution in [3.63, 3.8) is 0 Å². The summed E-state index contributed by atoms with van der Waals surface area (Å²) in [5.41, 5.74) is 6.19. The number of hydrogen-bond donors (Lipinski definition) is 2. The van der Waals surface area contributed by atoms with E-state index in [9.17, 15) is 4.79 Å². The Bertz CT molecular complexity index is 326. The lowest BCUT2D eigenvalue weighted by molar-refractivity contribution is -0.123. The molecule has 0 unspecified atom stereocenters. The van der Waals surface area contributed by atoms with Gasteiger partial charge >= 0.3 is 0 Å². The molecule has 0 aliphatic rings. The minimum Gasteiger partial charge on any atom is -0.484 e. The second-order valence-electron chi connectivity index (χ2n) is 3.21. The maximum Gasteiger partial charge on any atom is 0.257 e. The van der Waals surface area contributed by atoms with E-state index >= 15 is 0 Å². The second-order valence-corrected chi connectivity index (χ2v) is 3.21. The monoisotopic (exact) mass is 208 g/mol. The van der Waals surface area contributed by atoms with Gasteiger partial charge in [-0.2, -0.15) is 0 Å². The number of benzene rings is 1. The van der Waals surface area contributed by atoms with Crippen LogP contribution in [-0.2, 0) is 4.79 Å². The van der Waals surface area contributed by atoms with Crippen molar-refractivity contribution in [3.8, 4) is 5.75 Å². The lowest BCUT2D eigenvalue weighted by atomic mass is 10.3. The number of nitrogens with one attached hydrogen (secondary N) is 1. The summed E-state index contributed by atoms with van der Waals surface area (Å²) in [7, 11) is 0. The first-order chi connectivity index (χ1) is 7.22. The van der Waals surface area contributed by atoms with Gasteiger partial charge in [-0.05, 0) is 18.6 Å². The third-order valence-electron chi connectivity index (χ3n) is 1.80. The first kappa shape index (κ1) is 11.4. The van der Waals surface area contributed by atoms with Crippen molar-refractivity contribution in [2.75, 3.05) is 18.9 Å². The number of hydrogen-bond acceptors (Lipinski definition) is 3. The van der Waals surface area contributed by atoms with Gasteiger partial charge in [-0.25, -0.2) is 0 Å². The number of ether oxygens (including phenoxy) is 1. The van der Waals surface area contributed by atoms with E-state index in [1.807, 2.05) is 6.92 Å². The maximum atomic E-state index is 11.2. The number of anilines is 1. The molecule has 0 aromatic heterocycles. The minimum absolute atomic E-state index is 0.0312. The quantitative estimate of drug-likeness (QED) is 0.714. The van der Waals surface area contributed by atoms with E-state index in [1.54, 1.807) is 24.3 Å². The molecule has 0 heterocycles. The Hall–Kier alpha value is -1.71. The van der Waals surface area contributed by atoms with Crippen LogP contribution in [0.1, 0.15) is 13.3 Å². The van der Waals surface area contributed by atoms with Crippen LogP contribution in [0.4, 0.5) is 5.69 Å². The summed E-state index contributed by atoms with van der Waals surface area (Å²) in [4.78, 5) is 11.2. The SMILES string of the molecule is CCCNC(=O)COc1cccc(N)c1. The minimum atomic E-state index is -0.112. The Kier molecular flexibility index (Phi) is 4.47. The molecule has 0 spiro atoms. The van der Waals surface area contributed by atoms with Gasteiger partial charge in [0.2, 0.25) is 0 Å². The molecule has 82 valence electrons. The zero-order valence-corrected chi connectivity index (χ0v) is 8.82. The van der Waals surface area contributed by atoms with Crippen molar-refractivity contribution in [2.45, 2.75) is 13.3 Å². The van der Waals surface area contributed by atoms with Crippen molar-refractivity contribution in [1.82, 2.24) is 5.32 Å². The van der Waals surface area contributed by atoms with Crippen LogP contribution in [0.3, 0.4) is 0 Å². The first-order valence-electron chi connectivity index (χ1n) is 4.97. The van der Waals surface area contributed by atoms with E-state index in [0.717, 1.165) is 6.42 Å². The van der Waals surface area contributed by atoms with Gasteiger partial charge in [-0.3, -0.25) is 4.79 Å². The van der Waals surface area contributed by atoms with Gasteiger partial charge in [0.1, 0.15) is 5.75 Å². The number of rotatable bonds is 5. The van der Waals surface area contributed by atoms with Crippen molar-refractivity contribution >= 4 is 11.6 Å². The summed E-state index contributed by atoms with van der Waals surface area (Å²) < 4.78 is 5.25. The second kappa shape index (κ2) is 5.90. The molecule has 0 saturated carbocycles. The molecular formula is C11H16N2O2. The van der Waals surface area contributed by atoms with Crippen LogP contribution in [0.2, 0.25) is 0 Å². The molecule has 0 bridgehead atoms. The van der Waals surface area contributed by atoms with E-state index in [0.29, 0.717) is 18.0 Å². The summed E-state index contributed by atoms with van der Waals surface area (Å²) in [5.74, 6) is 0.501. The number of carbonyl (C=O) groups is 1. The Morgan fingerprint density at radius 3 is 3.00 bits per heavy atom. The normalized spacial score (nSPS) is 9.67. The average Bonchev–Trinajstić information content (AvgIpc) is 2.23. The number of carbonyl (C=O) groups excluding carboxylic acids is 1. The third-order valence-corrected chi connectivity index (χ3v) is 1.80. The summed E-state index contributed by atoms with van der Waals surface area (Å²) in [6, 6.07) is 7.01. The predicted molar refractivity (Wildman–Crippen MR) is 59.7 cm³/mol. The van der Waals surface area contributed by atoms with Gasteiger partial charge in [-0.1, -0.05) is 13.0 Å². The largest absolute Gasteiger partial charge is 0.484 e. The Morgan fingerprint density at radius 2 is 2.33 bits per heavy atom. The fourth-order valence-electron chi connectivity index (χ4n) is 1.07. The molecule has 0 aliphatic carbocycles. The Labute approximate surface area is 89.4 Å². The molecule has 4 heteroatoms. The molecule has 0 fully saturated rings. The standard InChI is InChI=1S/C11H16N2O2/c1-2-6-13-11(14)8-15-10-5-3-4-9(12)7-10/h3-5,7H,2,6,8,12H2,1H3,(H,13,14). The molecule has 0 saturated heterocycles. The van der Waals surface area contributed by atoms with Gasteiger partial charge in [0, 0.05) is 18.3 Å². The molecule has 4 nitrogen and oxygen atoms in total. The van der Waals surface area contributed by atoms with Crippen LogP contribution in [0.5, 0.6) is 5.75 Å². The predicted octanol–water partition coefficient (Wildman–Crippen LogP) is 1.17. The highest BCUT2D eigenvalue weighted by Gasteiger charge is 2.01. The fraction of sp³-hybridized carbons (Fsp3) is 0.364. The van der Waals surface area contributed by atoms with Crippen LogP contribution < -0.4 is 15.8 Å². The number of nitrogen functional groups attached to an aromatic ring is 1. The molecule has 1 amide bonds. The molecule has 0 radical (unpaired) electrons. The zero-order chi connectivity index (χ0) is 11.1. The molecule has 15 heavy (non-hydrogen) atoms. The highest BCUT2D eigenvalue weighted by molar-refractivity contribution is 5.77. The van der Waals surface area contributed by atoms with Gasteiger partial charge in [0.05, 0.1) is 0 Å². The van der Waals surface area contributed by atoms with E-state index in [-0.39, 0.29) is 12.5 Å². The topological polar surface area (TPSA) is 64.3 Å². The van der Waals surface area contributed by atoms with Crippen molar-refractivity contribution in [2.24, 2.45) is 0 Å². The van der Waals surface area contributed by atoms with Crippen LogP contribution in [0, 0.1) is 0 Å². The highest BCUT2D eigenvalue weighted by Crippen LogP contribution is 2.13. The summed E-state index contributed by atoms with van der Waals surface area (Å²) in [5, 5.41) is 2.72. The highest BCUT2D eigenvalue weighted by atomic mass is 16.5. The smallest absolute Gasteiger partial charge is 0.257 e. The molecule has 0 atom stereocenters. The van der Waals surface area contributed by atoms with Crippen molar-refractivity contribution in [3.05, 3.63) is 24.3 Å². The van der Waals surface area contributed by atoms with E-state index in [4.69, 9.17) is 10.5 Å². The maximum absolute atomic E-state index is 11.2. The van der Waals surface area contributed by atoms with E-state index in [1.165, 1.54) is 0 Å². The zero-order valence-electron chi connectivity index (χ0n) is 8.82. The summed E-state index contributed by atoms with van der Waals surface area (Å²) in [6.07, 6.45) is 0.921. The number of nitrogens with two attached hydrogens (primary N) is 1. The average molecular weight is 208 g/mol. The molecular weight excluding hydrogens is 192 g/mol. The van der Waals surface area contributed by atoms with Crippen LogP contribution in [-0.4, -0.2) is 19.1 Å². The van der Waals surface area contributed by atoms with Crippen LogP contribution in [0.25, 0.3) is 0 Å². The lowest BCUT2D eigenvalue weighted by Crippen LogP contribution is -2.29. The molecule has 1 aromatic rings. The van der Waals surface area contributed by atoms with Gasteiger partial charge < -0.3 is 15.8 Å². The molecule has 0 aliphatic heterocycles.